The minimum Gasteiger partial charge on any atom is -0.423 e. The first-order valence-corrected chi connectivity index (χ1v) is 9.25. The molecule has 26 heavy (non-hydrogen) atoms. The van der Waals surface area contributed by atoms with E-state index in [9.17, 15) is 14.4 Å². The molecule has 5 nitrogen and oxygen atoms in total. The Morgan fingerprint density at radius 1 is 1.00 bits per heavy atom. The Bertz CT molecular complexity index is 1010. The maximum Gasteiger partial charge on any atom is 0.336 e. The molecule has 0 saturated heterocycles. The average Bonchev–Trinajstić information content (AvgIpc) is 2.62. The number of halogens is 1. The molecule has 1 amide bonds. The van der Waals surface area contributed by atoms with E-state index in [0.29, 0.717) is 27.2 Å². The third-order valence-corrected chi connectivity index (χ3v) is 4.72. The van der Waals surface area contributed by atoms with Crippen LogP contribution in [0.15, 0.2) is 63.8 Å². The number of hydrogen-bond donors (Lipinski definition) is 1. The van der Waals surface area contributed by atoms with Crippen LogP contribution in [-0.4, -0.2) is 23.2 Å². The maximum atomic E-state index is 12.0. The van der Waals surface area contributed by atoms with E-state index >= 15 is 0 Å². The van der Waals surface area contributed by atoms with Crippen molar-refractivity contribution in [3.05, 3.63) is 75.6 Å². The second-order valence-electron chi connectivity index (χ2n) is 5.48. The zero-order valence-electron chi connectivity index (χ0n) is 13.5. The summed E-state index contributed by atoms with van der Waals surface area (Å²) in [6, 6.07) is 14.6. The highest BCUT2D eigenvalue weighted by atomic mass is 35.5. The van der Waals surface area contributed by atoms with Gasteiger partial charge in [0.2, 0.25) is 5.91 Å². The van der Waals surface area contributed by atoms with Crippen molar-refractivity contribution in [2.45, 2.75) is 0 Å². The van der Waals surface area contributed by atoms with Crippen molar-refractivity contribution in [3.63, 3.8) is 0 Å². The van der Waals surface area contributed by atoms with Crippen molar-refractivity contribution in [1.29, 1.82) is 0 Å². The van der Waals surface area contributed by atoms with Gasteiger partial charge in [0.15, 0.2) is 5.78 Å². The zero-order valence-corrected chi connectivity index (χ0v) is 15.1. The molecular formula is C19H14ClNO4S. The van der Waals surface area contributed by atoms with E-state index in [1.807, 2.05) is 0 Å². The Hall–Kier alpha value is -2.57. The number of amides is 1. The molecule has 0 fully saturated rings. The van der Waals surface area contributed by atoms with Crippen LogP contribution < -0.4 is 10.9 Å². The first-order chi connectivity index (χ1) is 12.5. The minimum atomic E-state index is -0.420. The Morgan fingerprint density at radius 2 is 1.77 bits per heavy atom. The van der Waals surface area contributed by atoms with Crippen LogP contribution in [0.25, 0.3) is 11.0 Å². The van der Waals surface area contributed by atoms with Crippen LogP contribution in [0, 0.1) is 0 Å². The molecule has 0 aliphatic carbocycles. The lowest BCUT2D eigenvalue weighted by molar-refractivity contribution is -0.113. The lowest BCUT2D eigenvalue weighted by Gasteiger charge is -2.06. The third kappa shape index (κ3) is 4.74. The highest BCUT2D eigenvalue weighted by Crippen LogP contribution is 2.18. The SMILES string of the molecule is O=C(CSCC(=O)c1ccc(Cl)cc1)Nc1ccc2oc(=O)ccc2c1. The molecule has 3 rings (SSSR count). The fourth-order valence-electron chi connectivity index (χ4n) is 2.30. The number of hydrogen-bond acceptors (Lipinski definition) is 5. The molecule has 3 aromatic rings. The van der Waals surface area contributed by atoms with Gasteiger partial charge in [-0.15, -0.1) is 11.8 Å². The van der Waals surface area contributed by atoms with E-state index in [0.717, 1.165) is 0 Å². The molecule has 7 heteroatoms. The molecule has 0 atom stereocenters. The number of rotatable bonds is 6. The van der Waals surface area contributed by atoms with Gasteiger partial charge in [-0.3, -0.25) is 9.59 Å². The van der Waals surface area contributed by atoms with Gasteiger partial charge in [-0.2, -0.15) is 0 Å². The van der Waals surface area contributed by atoms with Gasteiger partial charge < -0.3 is 9.73 Å². The molecule has 1 aromatic heterocycles. The van der Waals surface area contributed by atoms with Gasteiger partial charge in [0.1, 0.15) is 5.58 Å². The maximum absolute atomic E-state index is 12.0. The van der Waals surface area contributed by atoms with Crippen LogP contribution in [0.5, 0.6) is 0 Å². The quantitative estimate of drug-likeness (QED) is 0.511. The summed E-state index contributed by atoms with van der Waals surface area (Å²) >= 11 is 7.03. The van der Waals surface area contributed by atoms with Crippen molar-refractivity contribution < 1.29 is 14.0 Å². The number of carbonyl (C=O) groups is 2. The summed E-state index contributed by atoms with van der Waals surface area (Å²) < 4.78 is 5.04. The number of Topliss-reactive ketones (excluding diaryl/α,β-unsaturated/α-hetero) is 1. The van der Waals surface area contributed by atoms with Crippen molar-refractivity contribution in [2.24, 2.45) is 0 Å². The summed E-state index contributed by atoms with van der Waals surface area (Å²) in [5.74, 6) is 0.0925. The average molecular weight is 388 g/mol. The number of fused-ring (bicyclic) bond motifs is 1. The van der Waals surface area contributed by atoms with Crippen LogP contribution in [0.4, 0.5) is 5.69 Å². The van der Waals surface area contributed by atoms with E-state index in [2.05, 4.69) is 5.32 Å². The Balaban J connectivity index is 1.52. The number of thioether (sulfide) groups is 1. The van der Waals surface area contributed by atoms with E-state index in [4.69, 9.17) is 16.0 Å². The highest BCUT2D eigenvalue weighted by Gasteiger charge is 2.09. The summed E-state index contributed by atoms with van der Waals surface area (Å²) in [6.07, 6.45) is 0. The molecule has 2 aromatic carbocycles. The van der Waals surface area contributed by atoms with Crippen LogP contribution in [-0.2, 0) is 4.79 Å². The molecule has 0 saturated carbocycles. The predicted octanol–water partition coefficient (Wildman–Crippen LogP) is 4.00. The zero-order chi connectivity index (χ0) is 18.5. The molecular weight excluding hydrogens is 374 g/mol. The minimum absolute atomic E-state index is 0.0554. The van der Waals surface area contributed by atoms with E-state index in [-0.39, 0.29) is 23.2 Å². The second kappa shape index (κ2) is 8.21. The van der Waals surface area contributed by atoms with Crippen molar-refractivity contribution >= 4 is 51.7 Å². The second-order valence-corrected chi connectivity index (χ2v) is 6.90. The fourth-order valence-corrected chi connectivity index (χ4v) is 3.14. The standard InChI is InChI=1S/C19H14ClNO4S/c20-14-4-1-12(2-5-14)16(22)10-26-11-18(23)21-15-6-7-17-13(9-15)3-8-19(24)25-17/h1-9H,10-11H2,(H,21,23). The Morgan fingerprint density at radius 3 is 2.54 bits per heavy atom. The smallest absolute Gasteiger partial charge is 0.336 e. The van der Waals surface area contributed by atoms with Crippen molar-refractivity contribution in [2.75, 3.05) is 16.8 Å². The van der Waals surface area contributed by atoms with E-state index < -0.39 is 5.63 Å². The normalized spacial score (nSPS) is 10.7. The molecule has 0 bridgehead atoms. The van der Waals surface area contributed by atoms with Gasteiger partial charge in [0.25, 0.3) is 0 Å². The lowest BCUT2D eigenvalue weighted by atomic mass is 10.1. The predicted molar refractivity (Wildman–Crippen MR) is 104 cm³/mol. The summed E-state index contributed by atoms with van der Waals surface area (Å²) in [7, 11) is 0. The largest absolute Gasteiger partial charge is 0.423 e. The number of benzene rings is 2. The number of anilines is 1. The van der Waals surface area contributed by atoms with Gasteiger partial charge in [0.05, 0.1) is 11.5 Å². The fraction of sp³-hybridized carbons (Fsp3) is 0.105. The Kier molecular flexibility index (Phi) is 5.75. The first kappa shape index (κ1) is 18.2. The molecule has 0 unspecified atom stereocenters. The molecule has 1 N–H and O–H groups in total. The molecule has 132 valence electrons. The number of nitrogens with one attached hydrogen (secondary N) is 1. The van der Waals surface area contributed by atoms with E-state index in [1.54, 1.807) is 48.5 Å². The van der Waals surface area contributed by atoms with Gasteiger partial charge in [-0.05, 0) is 48.5 Å². The first-order valence-electron chi connectivity index (χ1n) is 7.71. The van der Waals surface area contributed by atoms with Gasteiger partial charge >= 0.3 is 5.63 Å². The number of ketones is 1. The summed E-state index contributed by atoms with van der Waals surface area (Å²) in [4.78, 5) is 35.2. The monoisotopic (exact) mass is 387 g/mol. The Labute approximate surface area is 158 Å². The third-order valence-electron chi connectivity index (χ3n) is 3.54. The van der Waals surface area contributed by atoms with Gasteiger partial charge in [-0.1, -0.05) is 11.6 Å². The van der Waals surface area contributed by atoms with Crippen molar-refractivity contribution in [1.82, 2.24) is 0 Å². The van der Waals surface area contributed by atoms with Gasteiger partial charge in [0, 0.05) is 27.7 Å². The van der Waals surface area contributed by atoms with Crippen LogP contribution in [0.2, 0.25) is 5.02 Å². The molecule has 0 aliphatic rings. The number of carbonyl (C=O) groups excluding carboxylic acids is 2. The highest BCUT2D eigenvalue weighted by molar-refractivity contribution is 8.00. The summed E-state index contributed by atoms with van der Waals surface area (Å²) in [6.45, 7) is 0. The topological polar surface area (TPSA) is 76.4 Å². The molecule has 1 heterocycles. The molecule has 0 radical (unpaired) electrons. The van der Waals surface area contributed by atoms with Crippen LogP contribution in [0.1, 0.15) is 10.4 Å². The summed E-state index contributed by atoms with van der Waals surface area (Å²) in [5.41, 5.74) is 1.20. The summed E-state index contributed by atoms with van der Waals surface area (Å²) in [5, 5.41) is 4.05. The van der Waals surface area contributed by atoms with Crippen LogP contribution >= 0.6 is 23.4 Å². The van der Waals surface area contributed by atoms with E-state index in [1.165, 1.54) is 17.8 Å². The van der Waals surface area contributed by atoms with Gasteiger partial charge in [-0.25, -0.2) is 4.79 Å². The molecule has 0 spiro atoms. The van der Waals surface area contributed by atoms with Crippen molar-refractivity contribution in [3.8, 4) is 0 Å². The molecule has 0 aliphatic heterocycles. The lowest BCUT2D eigenvalue weighted by Crippen LogP contribution is -2.15. The van der Waals surface area contributed by atoms with Crippen LogP contribution in [0.3, 0.4) is 0 Å².